The number of hydrogen-bond donors (Lipinski definition) is 0. The van der Waals surface area contributed by atoms with E-state index in [1.807, 2.05) is 13.0 Å². The molecule has 0 aliphatic carbocycles. The number of carbonyl (C=O) groups excluding carboxylic acids is 1. The maximum Gasteiger partial charge on any atom is 0.308 e. The number of esters is 1. The smallest absolute Gasteiger partial charge is 0.308 e. The van der Waals surface area contributed by atoms with Gasteiger partial charge in [0.05, 0.1) is 12.5 Å². The van der Waals surface area contributed by atoms with Crippen molar-refractivity contribution in [3.8, 4) is 0 Å². The Balaban J connectivity index is 1.85. The summed E-state index contributed by atoms with van der Waals surface area (Å²) in [4.78, 5) is 14.2. The van der Waals surface area contributed by atoms with Crippen LogP contribution < -0.4 is 0 Å². The molecule has 0 radical (unpaired) electrons. The fourth-order valence-corrected chi connectivity index (χ4v) is 2.65. The molecule has 1 saturated heterocycles. The topological polar surface area (TPSA) is 29.5 Å². The van der Waals surface area contributed by atoms with Gasteiger partial charge in [-0.2, -0.15) is 0 Å². The SMILES string of the molecule is CCOC(=O)C1CCCN(Cc2ccccc2)CC1. The van der Waals surface area contributed by atoms with E-state index in [1.165, 1.54) is 5.56 Å². The van der Waals surface area contributed by atoms with Crippen LogP contribution in [-0.2, 0) is 16.1 Å². The summed E-state index contributed by atoms with van der Waals surface area (Å²) in [6.45, 7) is 5.40. The largest absolute Gasteiger partial charge is 0.466 e. The van der Waals surface area contributed by atoms with E-state index in [0.29, 0.717) is 6.61 Å². The molecule has 1 heterocycles. The number of ether oxygens (including phenoxy) is 1. The van der Waals surface area contributed by atoms with Gasteiger partial charge in [0.15, 0.2) is 0 Å². The highest BCUT2D eigenvalue weighted by Gasteiger charge is 2.23. The molecule has 0 aromatic heterocycles. The molecule has 0 spiro atoms. The number of benzene rings is 1. The first kappa shape index (κ1) is 14.1. The molecule has 0 amide bonds. The minimum absolute atomic E-state index is 0.0101. The number of carbonyl (C=O) groups is 1. The molecule has 3 nitrogen and oxygen atoms in total. The second-order valence-electron chi connectivity index (χ2n) is 5.14. The van der Waals surface area contributed by atoms with Gasteiger partial charge >= 0.3 is 5.97 Å². The van der Waals surface area contributed by atoms with Crippen LogP contribution in [0.2, 0.25) is 0 Å². The Hall–Kier alpha value is -1.35. The average molecular weight is 261 g/mol. The Labute approximate surface area is 115 Å². The first-order valence-corrected chi connectivity index (χ1v) is 7.22. The van der Waals surface area contributed by atoms with Crippen molar-refractivity contribution >= 4 is 5.97 Å². The number of hydrogen-bond acceptors (Lipinski definition) is 3. The highest BCUT2D eigenvalue weighted by Crippen LogP contribution is 2.20. The van der Waals surface area contributed by atoms with Crippen molar-refractivity contribution in [1.82, 2.24) is 4.90 Å². The van der Waals surface area contributed by atoms with Crippen molar-refractivity contribution in [2.24, 2.45) is 5.92 Å². The van der Waals surface area contributed by atoms with Crippen molar-refractivity contribution in [3.05, 3.63) is 35.9 Å². The monoisotopic (exact) mass is 261 g/mol. The highest BCUT2D eigenvalue weighted by molar-refractivity contribution is 5.72. The fourth-order valence-electron chi connectivity index (χ4n) is 2.65. The lowest BCUT2D eigenvalue weighted by Crippen LogP contribution is -2.25. The lowest BCUT2D eigenvalue weighted by molar-refractivity contribution is -0.148. The molecular formula is C16H23NO2. The summed E-state index contributed by atoms with van der Waals surface area (Å²) in [5.41, 5.74) is 1.34. The van der Waals surface area contributed by atoms with Gasteiger partial charge in [-0.1, -0.05) is 30.3 Å². The summed E-state index contributed by atoms with van der Waals surface area (Å²) in [5.74, 6) is 0.0878. The standard InChI is InChI=1S/C16H23NO2/c1-2-19-16(18)15-9-6-11-17(12-10-15)13-14-7-4-3-5-8-14/h3-5,7-8,15H,2,6,9-13H2,1H3. The summed E-state index contributed by atoms with van der Waals surface area (Å²) in [5, 5.41) is 0. The summed E-state index contributed by atoms with van der Waals surface area (Å²) in [6, 6.07) is 10.5. The predicted octanol–water partition coefficient (Wildman–Crippen LogP) is 2.85. The summed E-state index contributed by atoms with van der Waals surface area (Å²) in [7, 11) is 0. The third kappa shape index (κ3) is 4.35. The van der Waals surface area contributed by atoms with Crippen LogP contribution in [0.5, 0.6) is 0 Å². The molecular weight excluding hydrogens is 238 g/mol. The molecule has 1 fully saturated rings. The highest BCUT2D eigenvalue weighted by atomic mass is 16.5. The second-order valence-corrected chi connectivity index (χ2v) is 5.14. The molecule has 1 atom stereocenters. The van der Waals surface area contributed by atoms with Crippen molar-refractivity contribution in [3.63, 3.8) is 0 Å². The van der Waals surface area contributed by atoms with Crippen molar-refractivity contribution < 1.29 is 9.53 Å². The molecule has 1 aliphatic heterocycles. The van der Waals surface area contributed by atoms with E-state index < -0.39 is 0 Å². The van der Waals surface area contributed by atoms with E-state index in [4.69, 9.17) is 4.74 Å². The lowest BCUT2D eigenvalue weighted by atomic mass is 10.0. The van der Waals surface area contributed by atoms with Crippen LogP contribution in [0.3, 0.4) is 0 Å². The zero-order chi connectivity index (χ0) is 13.5. The van der Waals surface area contributed by atoms with E-state index in [1.54, 1.807) is 0 Å². The van der Waals surface area contributed by atoms with Crippen LogP contribution in [0.1, 0.15) is 31.7 Å². The third-order valence-electron chi connectivity index (χ3n) is 3.69. The molecule has 0 bridgehead atoms. The van der Waals surface area contributed by atoms with Crippen LogP contribution in [0.4, 0.5) is 0 Å². The second kappa shape index (κ2) is 7.29. The van der Waals surface area contributed by atoms with Gasteiger partial charge in [-0.25, -0.2) is 0 Å². The Morgan fingerprint density at radius 3 is 2.79 bits per heavy atom. The van der Waals surface area contributed by atoms with E-state index in [2.05, 4.69) is 29.2 Å². The maximum atomic E-state index is 11.8. The zero-order valence-electron chi connectivity index (χ0n) is 11.7. The van der Waals surface area contributed by atoms with Gasteiger partial charge < -0.3 is 4.74 Å². The summed E-state index contributed by atoms with van der Waals surface area (Å²) < 4.78 is 5.13. The molecule has 1 aromatic rings. The molecule has 1 aromatic carbocycles. The van der Waals surface area contributed by atoms with Crippen LogP contribution >= 0.6 is 0 Å². The van der Waals surface area contributed by atoms with E-state index in [9.17, 15) is 4.79 Å². The average Bonchev–Trinajstić information content (AvgIpc) is 2.66. The van der Waals surface area contributed by atoms with Gasteiger partial charge in [-0.3, -0.25) is 9.69 Å². The zero-order valence-corrected chi connectivity index (χ0v) is 11.7. The lowest BCUT2D eigenvalue weighted by Gasteiger charge is -2.20. The molecule has 3 heteroatoms. The minimum Gasteiger partial charge on any atom is -0.466 e. The number of likely N-dealkylation sites (tertiary alicyclic amines) is 1. The van der Waals surface area contributed by atoms with Crippen molar-refractivity contribution in [2.75, 3.05) is 19.7 Å². The minimum atomic E-state index is -0.0101. The van der Waals surface area contributed by atoms with Gasteiger partial charge in [0.1, 0.15) is 0 Å². The Kier molecular flexibility index (Phi) is 5.40. The van der Waals surface area contributed by atoms with Gasteiger partial charge in [0.25, 0.3) is 0 Å². The van der Waals surface area contributed by atoms with Crippen molar-refractivity contribution in [2.45, 2.75) is 32.7 Å². The van der Waals surface area contributed by atoms with Gasteiger partial charge in [0.2, 0.25) is 0 Å². The Morgan fingerprint density at radius 1 is 1.26 bits per heavy atom. The fraction of sp³-hybridized carbons (Fsp3) is 0.562. The molecule has 1 aliphatic rings. The van der Waals surface area contributed by atoms with Crippen LogP contribution in [0.15, 0.2) is 30.3 Å². The van der Waals surface area contributed by atoms with Crippen LogP contribution in [0, 0.1) is 5.92 Å². The normalized spacial score (nSPS) is 20.8. The summed E-state index contributed by atoms with van der Waals surface area (Å²) >= 11 is 0. The van der Waals surface area contributed by atoms with E-state index >= 15 is 0 Å². The first-order chi connectivity index (χ1) is 9.29. The molecule has 2 rings (SSSR count). The molecule has 0 saturated carbocycles. The molecule has 0 N–H and O–H groups in total. The van der Waals surface area contributed by atoms with Gasteiger partial charge in [0, 0.05) is 6.54 Å². The molecule has 104 valence electrons. The maximum absolute atomic E-state index is 11.8. The third-order valence-corrected chi connectivity index (χ3v) is 3.69. The Bertz CT molecular complexity index is 391. The van der Waals surface area contributed by atoms with Crippen LogP contribution in [0.25, 0.3) is 0 Å². The van der Waals surface area contributed by atoms with E-state index in [0.717, 1.165) is 38.9 Å². The first-order valence-electron chi connectivity index (χ1n) is 7.22. The van der Waals surface area contributed by atoms with Gasteiger partial charge in [-0.05, 0) is 44.8 Å². The molecule has 19 heavy (non-hydrogen) atoms. The van der Waals surface area contributed by atoms with E-state index in [-0.39, 0.29) is 11.9 Å². The van der Waals surface area contributed by atoms with Crippen molar-refractivity contribution in [1.29, 1.82) is 0 Å². The quantitative estimate of drug-likeness (QED) is 0.781. The van der Waals surface area contributed by atoms with Crippen LogP contribution in [-0.4, -0.2) is 30.6 Å². The number of rotatable bonds is 4. The predicted molar refractivity (Wildman–Crippen MR) is 75.7 cm³/mol. The Morgan fingerprint density at radius 2 is 2.05 bits per heavy atom. The summed E-state index contributed by atoms with van der Waals surface area (Å²) in [6.07, 6.45) is 2.96. The van der Waals surface area contributed by atoms with Gasteiger partial charge in [-0.15, -0.1) is 0 Å². The number of nitrogens with zero attached hydrogens (tertiary/aromatic N) is 1. The molecule has 1 unspecified atom stereocenters.